The Morgan fingerprint density at radius 1 is 1.21 bits per heavy atom. The predicted molar refractivity (Wildman–Crippen MR) is 104 cm³/mol. The number of carbonyl (C=O) groups excluding carboxylic acids is 2. The number of hydrogen-bond donors (Lipinski definition) is 1. The van der Waals surface area contributed by atoms with Crippen LogP contribution in [0, 0.1) is 11.3 Å². The lowest BCUT2D eigenvalue weighted by Gasteiger charge is -2.21. The van der Waals surface area contributed by atoms with Crippen LogP contribution in [0.2, 0.25) is 0 Å². The molecule has 29 heavy (non-hydrogen) atoms. The third-order valence-electron chi connectivity index (χ3n) is 4.51. The SMILES string of the molecule is C[C@H](OC(=O)CNS(=O)(=O)c1ccccc1C#N)C(=O)N1CCc2ccccc21. The number of rotatable bonds is 6. The molecule has 9 heteroatoms. The van der Waals surface area contributed by atoms with Gasteiger partial charge in [-0.2, -0.15) is 9.98 Å². The number of benzene rings is 2. The first-order chi connectivity index (χ1) is 13.8. The number of nitrogens with zero attached hydrogens (tertiary/aromatic N) is 2. The maximum Gasteiger partial charge on any atom is 0.321 e. The number of nitrogens with one attached hydrogen (secondary N) is 1. The summed E-state index contributed by atoms with van der Waals surface area (Å²) in [6.45, 7) is 1.29. The molecule has 1 aliphatic rings. The van der Waals surface area contributed by atoms with Gasteiger partial charge in [0.2, 0.25) is 10.0 Å². The molecule has 0 saturated carbocycles. The quantitative estimate of drug-likeness (QED) is 0.715. The zero-order valence-corrected chi connectivity index (χ0v) is 16.5. The van der Waals surface area contributed by atoms with E-state index < -0.39 is 28.6 Å². The normalized spacial score (nSPS) is 14.0. The van der Waals surface area contributed by atoms with E-state index in [9.17, 15) is 18.0 Å². The first-order valence-corrected chi connectivity index (χ1v) is 10.4. The Balaban J connectivity index is 1.60. The second kappa shape index (κ2) is 8.43. The smallest absolute Gasteiger partial charge is 0.321 e. The molecule has 0 aromatic heterocycles. The Kier molecular flexibility index (Phi) is 5.96. The number of anilines is 1. The van der Waals surface area contributed by atoms with Crippen molar-refractivity contribution in [3.63, 3.8) is 0 Å². The van der Waals surface area contributed by atoms with Crippen molar-refractivity contribution in [3.05, 3.63) is 59.7 Å². The molecule has 0 radical (unpaired) electrons. The molecule has 1 atom stereocenters. The van der Waals surface area contributed by atoms with Crippen LogP contribution in [-0.4, -0.2) is 39.5 Å². The number of ether oxygens (including phenoxy) is 1. The standard InChI is InChI=1S/C20H19N3O5S/c1-14(20(25)23-11-10-15-6-2-4-8-17(15)23)28-19(24)13-22-29(26,27)18-9-5-3-7-16(18)12-21/h2-9,14,22H,10-11,13H2,1H3/t14-/m0/s1. The largest absolute Gasteiger partial charge is 0.452 e. The van der Waals surface area contributed by atoms with Crippen LogP contribution in [0.5, 0.6) is 0 Å². The number of para-hydroxylation sites is 1. The van der Waals surface area contributed by atoms with Gasteiger partial charge in [-0.15, -0.1) is 0 Å². The first kappa shape index (κ1) is 20.5. The van der Waals surface area contributed by atoms with E-state index in [-0.39, 0.29) is 16.4 Å². The maximum absolute atomic E-state index is 12.6. The molecule has 0 aliphatic carbocycles. The third kappa shape index (κ3) is 4.45. The lowest BCUT2D eigenvalue weighted by Crippen LogP contribution is -2.41. The van der Waals surface area contributed by atoms with Crippen LogP contribution in [0.3, 0.4) is 0 Å². The number of sulfonamides is 1. The minimum absolute atomic E-state index is 0.0374. The first-order valence-electron chi connectivity index (χ1n) is 8.91. The van der Waals surface area contributed by atoms with Gasteiger partial charge in [-0.25, -0.2) is 8.42 Å². The van der Waals surface area contributed by atoms with Gasteiger partial charge >= 0.3 is 5.97 Å². The van der Waals surface area contributed by atoms with Gasteiger partial charge in [0, 0.05) is 12.2 Å². The van der Waals surface area contributed by atoms with Crippen molar-refractivity contribution in [2.45, 2.75) is 24.3 Å². The number of esters is 1. The number of nitriles is 1. The van der Waals surface area contributed by atoms with Crippen molar-refractivity contribution in [3.8, 4) is 6.07 Å². The number of carbonyl (C=O) groups is 2. The second-order valence-corrected chi connectivity index (χ2v) is 8.17. The molecular formula is C20H19N3O5S. The zero-order chi connectivity index (χ0) is 21.0. The Bertz CT molecular complexity index is 1090. The molecular weight excluding hydrogens is 394 g/mol. The Morgan fingerprint density at radius 2 is 1.90 bits per heavy atom. The summed E-state index contributed by atoms with van der Waals surface area (Å²) in [6, 6.07) is 14.9. The monoisotopic (exact) mass is 413 g/mol. The molecule has 3 rings (SSSR count). The van der Waals surface area contributed by atoms with Gasteiger partial charge in [0.25, 0.3) is 5.91 Å². The highest BCUT2D eigenvalue weighted by molar-refractivity contribution is 7.89. The molecule has 1 aliphatic heterocycles. The van der Waals surface area contributed by atoms with Crippen molar-refractivity contribution in [2.75, 3.05) is 18.0 Å². The molecule has 2 aromatic rings. The van der Waals surface area contributed by atoms with E-state index in [1.54, 1.807) is 11.0 Å². The third-order valence-corrected chi connectivity index (χ3v) is 5.97. The molecule has 0 fully saturated rings. The molecule has 1 heterocycles. The van der Waals surface area contributed by atoms with Gasteiger partial charge in [0.05, 0.1) is 10.5 Å². The minimum Gasteiger partial charge on any atom is -0.452 e. The molecule has 0 unspecified atom stereocenters. The van der Waals surface area contributed by atoms with E-state index in [2.05, 4.69) is 4.72 Å². The van der Waals surface area contributed by atoms with Crippen molar-refractivity contribution < 1.29 is 22.7 Å². The fraction of sp³-hybridized carbons (Fsp3) is 0.250. The number of amides is 1. The average Bonchev–Trinajstić information content (AvgIpc) is 3.15. The minimum atomic E-state index is -4.08. The maximum atomic E-state index is 12.6. The molecule has 0 saturated heterocycles. The van der Waals surface area contributed by atoms with Crippen LogP contribution in [-0.2, 0) is 30.8 Å². The van der Waals surface area contributed by atoms with Crippen molar-refractivity contribution in [1.29, 1.82) is 5.26 Å². The molecule has 0 bridgehead atoms. The summed E-state index contributed by atoms with van der Waals surface area (Å²) in [4.78, 5) is 26.0. The molecule has 0 spiro atoms. The topological polar surface area (TPSA) is 117 Å². The van der Waals surface area contributed by atoms with Gasteiger partial charge < -0.3 is 9.64 Å². The van der Waals surface area contributed by atoms with Crippen molar-refractivity contribution in [1.82, 2.24) is 4.72 Å². The molecule has 8 nitrogen and oxygen atoms in total. The Morgan fingerprint density at radius 3 is 2.66 bits per heavy atom. The van der Waals surface area contributed by atoms with E-state index in [1.807, 2.05) is 24.3 Å². The summed E-state index contributed by atoms with van der Waals surface area (Å²) in [7, 11) is -4.08. The highest BCUT2D eigenvalue weighted by Gasteiger charge is 2.30. The molecule has 150 valence electrons. The molecule has 1 N–H and O–H groups in total. The van der Waals surface area contributed by atoms with Gasteiger partial charge in [-0.1, -0.05) is 30.3 Å². The van der Waals surface area contributed by atoms with Gasteiger partial charge in [0.1, 0.15) is 12.6 Å². The fourth-order valence-electron chi connectivity index (χ4n) is 3.10. The van der Waals surface area contributed by atoms with Crippen LogP contribution in [0.25, 0.3) is 0 Å². The number of fused-ring (bicyclic) bond motifs is 1. The van der Waals surface area contributed by atoms with Crippen LogP contribution in [0.4, 0.5) is 5.69 Å². The fourth-order valence-corrected chi connectivity index (χ4v) is 4.23. The summed E-state index contributed by atoms with van der Waals surface area (Å²) >= 11 is 0. The molecule has 1 amide bonds. The van der Waals surface area contributed by atoms with Crippen LogP contribution < -0.4 is 9.62 Å². The molecule has 2 aromatic carbocycles. The van der Waals surface area contributed by atoms with E-state index in [4.69, 9.17) is 10.00 Å². The Labute approximate surface area is 168 Å². The van der Waals surface area contributed by atoms with E-state index in [0.29, 0.717) is 6.54 Å². The summed E-state index contributed by atoms with van der Waals surface area (Å²) in [6.07, 6.45) is -0.342. The summed E-state index contributed by atoms with van der Waals surface area (Å²) < 4.78 is 31.9. The van der Waals surface area contributed by atoms with Crippen molar-refractivity contribution in [2.24, 2.45) is 0 Å². The predicted octanol–water partition coefficient (Wildman–Crippen LogP) is 1.36. The van der Waals surface area contributed by atoms with Crippen LogP contribution in [0.1, 0.15) is 18.1 Å². The summed E-state index contributed by atoms with van der Waals surface area (Å²) in [5, 5.41) is 9.04. The Hall–Kier alpha value is -3.22. The highest BCUT2D eigenvalue weighted by atomic mass is 32.2. The average molecular weight is 413 g/mol. The summed E-state index contributed by atoms with van der Waals surface area (Å²) in [5.74, 6) is -1.27. The lowest BCUT2D eigenvalue weighted by atomic mass is 10.2. The van der Waals surface area contributed by atoms with Crippen molar-refractivity contribution >= 4 is 27.6 Å². The van der Waals surface area contributed by atoms with Crippen LogP contribution >= 0.6 is 0 Å². The van der Waals surface area contributed by atoms with Crippen LogP contribution in [0.15, 0.2) is 53.4 Å². The zero-order valence-electron chi connectivity index (χ0n) is 15.7. The van der Waals surface area contributed by atoms with E-state index >= 15 is 0 Å². The lowest BCUT2D eigenvalue weighted by molar-refractivity contribution is -0.152. The van der Waals surface area contributed by atoms with Gasteiger partial charge in [0.15, 0.2) is 6.10 Å². The second-order valence-electron chi connectivity index (χ2n) is 6.43. The van der Waals surface area contributed by atoms with E-state index in [1.165, 1.54) is 31.2 Å². The van der Waals surface area contributed by atoms with Gasteiger partial charge in [-0.3, -0.25) is 9.59 Å². The number of hydrogen-bond acceptors (Lipinski definition) is 6. The highest BCUT2D eigenvalue weighted by Crippen LogP contribution is 2.28. The van der Waals surface area contributed by atoms with E-state index in [0.717, 1.165) is 17.7 Å². The van der Waals surface area contributed by atoms with Gasteiger partial charge in [-0.05, 0) is 37.1 Å². The summed E-state index contributed by atoms with van der Waals surface area (Å²) in [5.41, 5.74) is 1.79.